The van der Waals surface area contributed by atoms with Crippen LogP contribution in [-0.4, -0.2) is 22.2 Å². The number of hydrogen-bond acceptors (Lipinski definition) is 4. The monoisotopic (exact) mass is 319 g/mol. The predicted octanol–water partition coefficient (Wildman–Crippen LogP) is 3.01. The second kappa shape index (κ2) is 6.00. The third kappa shape index (κ3) is 3.42. The summed E-state index contributed by atoms with van der Waals surface area (Å²) in [6.45, 7) is 0. The Morgan fingerprint density at radius 2 is 1.78 bits per heavy atom. The van der Waals surface area contributed by atoms with Crippen molar-refractivity contribution in [2.45, 2.75) is 50.6 Å². The fourth-order valence-electron chi connectivity index (χ4n) is 3.93. The van der Waals surface area contributed by atoms with E-state index in [0.717, 1.165) is 25.3 Å². The number of piperidine rings is 1. The lowest BCUT2D eigenvalue weighted by molar-refractivity contribution is 0.270. The molecule has 0 saturated carbocycles. The third-order valence-corrected chi connectivity index (χ3v) is 4.83. The molecule has 2 aliphatic heterocycles. The Kier molecular flexibility index (Phi) is 3.85. The maximum absolute atomic E-state index is 13.2. The number of nitrogens with zero attached hydrogens (tertiary/aromatic N) is 2. The highest BCUT2D eigenvalue weighted by molar-refractivity contribution is 5.21. The molecular weight excluding hydrogens is 300 g/mol. The van der Waals surface area contributed by atoms with Gasteiger partial charge in [0.25, 0.3) is 0 Å². The van der Waals surface area contributed by atoms with Gasteiger partial charge in [-0.25, -0.2) is 8.78 Å². The van der Waals surface area contributed by atoms with E-state index in [0.29, 0.717) is 35.3 Å². The van der Waals surface area contributed by atoms with Gasteiger partial charge >= 0.3 is 0 Å². The number of aromatic nitrogens is 2. The van der Waals surface area contributed by atoms with E-state index >= 15 is 0 Å². The van der Waals surface area contributed by atoms with Gasteiger partial charge in [-0.2, -0.15) is 4.98 Å². The predicted molar refractivity (Wildman–Crippen MR) is 79.8 cm³/mol. The van der Waals surface area contributed by atoms with Crippen LogP contribution in [0.3, 0.4) is 0 Å². The van der Waals surface area contributed by atoms with Crippen molar-refractivity contribution in [2.75, 3.05) is 0 Å². The van der Waals surface area contributed by atoms with E-state index in [4.69, 9.17) is 4.52 Å². The van der Waals surface area contributed by atoms with Crippen LogP contribution in [0.1, 0.15) is 43.0 Å². The van der Waals surface area contributed by atoms with E-state index in [1.165, 1.54) is 25.0 Å². The Morgan fingerprint density at radius 1 is 1.09 bits per heavy atom. The summed E-state index contributed by atoms with van der Waals surface area (Å²) in [6.07, 6.45) is 5.91. The van der Waals surface area contributed by atoms with Crippen LogP contribution in [0.2, 0.25) is 0 Å². The highest BCUT2D eigenvalue weighted by atomic mass is 19.1. The molecule has 2 saturated heterocycles. The molecule has 23 heavy (non-hydrogen) atoms. The topological polar surface area (TPSA) is 51.0 Å². The van der Waals surface area contributed by atoms with Gasteiger partial charge in [0, 0.05) is 31.0 Å². The molecule has 0 radical (unpaired) electrons. The molecule has 2 aliphatic rings. The average Bonchev–Trinajstić information content (AvgIpc) is 3.04. The lowest BCUT2D eigenvalue weighted by atomic mass is 9.90. The summed E-state index contributed by atoms with van der Waals surface area (Å²) in [5.74, 6) is 0.501. The smallest absolute Gasteiger partial charge is 0.226 e. The third-order valence-electron chi connectivity index (χ3n) is 4.83. The van der Waals surface area contributed by atoms with Crippen LogP contribution in [0.5, 0.6) is 0 Å². The molecular formula is C17H19F2N3O. The molecule has 0 spiro atoms. The van der Waals surface area contributed by atoms with Gasteiger partial charge in [-0.1, -0.05) is 5.16 Å². The van der Waals surface area contributed by atoms with Crippen LogP contribution in [0.4, 0.5) is 8.78 Å². The van der Waals surface area contributed by atoms with Crippen molar-refractivity contribution in [3.63, 3.8) is 0 Å². The maximum Gasteiger partial charge on any atom is 0.226 e. The highest BCUT2D eigenvalue weighted by Crippen LogP contribution is 2.32. The fraction of sp³-hybridized carbons (Fsp3) is 0.529. The molecule has 0 aliphatic carbocycles. The molecule has 4 nitrogen and oxygen atoms in total. The molecule has 0 amide bonds. The molecule has 1 aromatic heterocycles. The van der Waals surface area contributed by atoms with E-state index in [2.05, 4.69) is 15.5 Å². The average molecular weight is 319 g/mol. The van der Waals surface area contributed by atoms with Crippen molar-refractivity contribution in [1.82, 2.24) is 15.5 Å². The van der Waals surface area contributed by atoms with Crippen LogP contribution in [0, 0.1) is 17.6 Å². The van der Waals surface area contributed by atoms with Crippen LogP contribution >= 0.6 is 0 Å². The van der Waals surface area contributed by atoms with Gasteiger partial charge < -0.3 is 9.84 Å². The number of rotatable bonds is 4. The Bertz CT molecular complexity index is 671. The lowest BCUT2D eigenvalue weighted by Crippen LogP contribution is -2.38. The van der Waals surface area contributed by atoms with Crippen molar-refractivity contribution in [2.24, 2.45) is 5.92 Å². The van der Waals surface area contributed by atoms with Gasteiger partial charge in [-0.05, 0) is 49.3 Å². The molecule has 122 valence electrons. The minimum absolute atomic E-state index is 0.273. The zero-order valence-corrected chi connectivity index (χ0v) is 12.8. The van der Waals surface area contributed by atoms with Gasteiger partial charge in [-0.15, -0.1) is 0 Å². The second-order valence-corrected chi connectivity index (χ2v) is 6.74. The van der Waals surface area contributed by atoms with Gasteiger partial charge in [0.2, 0.25) is 5.89 Å². The molecule has 3 heterocycles. The Hall–Kier alpha value is -1.82. The van der Waals surface area contributed by atoms with Crippen LogP contribution < -0.4 is 5.32 Å². The zero-order valence-electron chi connectivity index (χ0n) is 12.8. The highest BCUT2D eigenvalue weighted by Gasteiger charge is 2.34. The van der Waals surface area contributed by atoms with Crippen LogP contribution in [0.15, 0.2) is 22.7 Å². The molecule has 2 aromatic rings. The summed E-state index contributed by atoms with van der Waals surface area (Å²) < 4.78 is 31.7. The fourth-order valence-corrected chi connectivity index (χ4v) is 3.93. The van der Waals surface area contributed by atoms with Crippen molar-refractivity contribution >= 4 is 0 Å². The van der Waals surface area contributed by atoms with Crippen LogP contribution in [-0.2, 0) is 12.8 Å². The molecule has 1 aromatic carbocycles. The number of nitrogens with one attached hydrogen (secondary N) is 1. The normalized spacial score (nSPS) is 26.6. The first-order valence-electron chi connectivity index (χ1n) is 8.16. The van der Waals surface area contributed by atoms with E-state index in [1.54, 1.807) is 0 Å². The number of halogens is 2. The first kappa shape index (κ1) is 14.8. The van der Waals surface area contributed by atoms with Crippen molar-refractivity contribution < 1.29 is 13.3 Å². The molecule has 4 rings (SSSR count). The molecule has 2 bridgehead atoms. The molecule has 1 N–H and O–H groups in total. The number of fused-ring (bicyclic) bond motifs is 2. The molecule has 2 atom stereocenters. The molecule has 2 fully saturated rings. The second-order valence-electron chi connectivity index (χ2n) is 6.74. The summed E-state index contributed by atoms with van der Waals surface area (Å²) in [5, 5.41) is 7.56. The SMILES string of the molecule is Fc1cc(F)cc(Cc2noc(CC3CC4CCC(C3)N4)n2)c1. The van der Waals surface area contributed by atoms with Crippen molar-refractivity contribution in [3.8, 4) is 0 Å². The van der Waals surface area contributed by atoms with Crippen LogP contribution in [0.25, 0.3) is 0 Å². The quantitative estimate of drug-likeness (QED) is 0.941. The summed E-state index contributed by atoms with van der Waals surface area (Å²) >= 11 is 0. The largest absolute Gasteiger partial charge is 0.339 e. The van der Waals surface area contributed by atoms with Gasteiger partial charge in [0.1, 0.15) is 11.6 Å². The standard InChI is InChI=1S/C17H19F2N3O/c18-12-3-10(4-13(19)9-12)7-16-21-17(23-22-16)8-11-5-14-1-2-15(6-11)20-14/h3-4,9,11,14-15,20H,1-2,5-8H2. The molecule has 6 heteroatoms. The zero-order chi connectivity index (χ0) is 15.8. The van der Waals surface area contributed by atoms with Crippen molar-refractivity contribution in [1.29, 1.82) is 0 Å². The Morgan fingerprint density at radius 3 is 2.48 bits per heavy atom. The van der Waals surface area contributed by atoms with E-state index in [9.17, 15) is 8.78 Å². The minimum atomic E-state index is -0.589. The minimum Gasteiger partial charge on any atom is -0.339 e. The van der Waals surface area contributed by atoms with Gasteiger partial charge in [-0.3, -0.25) is 0 Å². The van der Waals surface area contributed by atoms with E-state index in [1.807, 2.05) is 0 Å². The summed E-state index contributed by atoms with van der Waals surface area (Å²) in [6, 6.07) is 4.72. The maximum atomic E-state index is 13.2. The Balaban J connectivity index is 1.40. The number of hydrogen-bond donors (Lipinski definition) is 1. The summed E-state index contributed by atoms with van der Waals surface area (Å²) in [7, 11) is 0. The molecule has 2 unspecified atom stereocenters. The summed E-state index contributed by atoms with van der Waals surface area (Å²) in [4.78, 5) is 4.39. The lowest BCUT2D eigenvalue weighted by Gasteiger charge is -2.28. The van der Waals surface area contributed by atoms with Gasteiger partial charge in [0.05, 0.1) is 0 Å². The first-order chi connectivity index (χ1) is 11.1. The summed E-state index contributed by atoms with van der Waals surface area (Å²) in [5.41, 5.74) is 0.509. The number of benzene rings is 1. The van der Waals surface area contributed by atoms with Gasteiger partial charge in [0.15, 0.2) is 5.82 Å². The Labute approximate surface area is 133 Å². The van der Waals surface area contributed by atoms with Crippen molar-refractivity contribution in [3.05, 3.63) is 47.1 Å². The first-order valence-corrected chi connectivity index (χ1v) is 8.16. The van der Waals surface area contributed by atoms with E-state index < -0.39 is 11.6 Å². The van der Waals surface area contributed by atoms with E-state index in [-0.39, 0.29) is 6.42 Å².